The topological polar surface area (TPSA) is 69.7 Å². The number of allylic oxidation sites excluding steroid dienone is 1. The lowest BCUT2D eigenvalue weighted by Crippen LogP contribution is -2.73. The third-order valence-electron chi connectivity index (χ3n) is 9.59. The molecule has 1 spiro atoms. The first-order valence-corrected chi connectivity index (χ1v) is 12.4. The summed E-state index contributed by atoms with van der Waals surface area (Å²) in [7, 11) is 0. The molecule has 0 N–H and O–H groups in total. The van der Waals surface area contributed by atoms with E-state index in [0.29, 0.717) is 29.9 Å². The van der Waals surface area contributed by atoms with Gasteiger partial charge in [0.25, 0.3) is 0 Å². The lowest BCUT2D eigenvalue weighted by atomic mass is 9.35. The van der Waals surface area contributed by atoms with Gasteiger partial charge in [0.2, 0.25) is 0 Å². The zero-order chi connectivity index (χ0) is 21.6. The standard InChI is InChI=1S/C25H28O5S/c1-14-15-6-9-25(20(14)26)18(11-15)24-8-4-7-23(2,13-29-22(24)28)17(24)12-19(25)30-21(27)16-5-3-10-31-16/h3,5,10,15,17-19H,1,4,6-9,11-13H2,2H3/t15-,17?,18?,19+,23-,24?,25+/m0/s1. The fraction of sp³-hybridized carbons (Fsp3) is 0.640. The summed E-state index contributed by atoms with van der Waals surface area (Å²) < 4.78 is 12.0. The van der Waals surface area contributed by atoms with Gasteiger partial charge >= 0.3 is 11.9 Å². The van der Waals surface area contributed by atoms with E-state index in [1.54, 1.807) is 6.07 Å². The van der Waals surface area contributed by atoms with Crippen LogP contribution in [-0.2, 0) is 19.1 Å². The minimum Gasteiger partial charge on any atom is -0.465 e. The smallest absolute Gasteiger partial charge is 0.348 e. The van der Waals surface area contributed by atoms with Crippen molar-refractivity contribution in [3.63, 3.8) is 0 Å². The number of esters is 2. The molecule has 0 radical (unpaired) electrons. The Labute approximate surface area is 186 Å². The van der Waals surface area contributed by atoms with E-state index in [2.05, 4.69) is 13.5 Å². The predicted octanol–water partition coefficient (Wildman–Crippen LogP) is 4.57. The third kappa shape index (κ3) is 2.30. The van der Waals surface area contributed by atoms with Crippen LogP contribution in [-0.4, -0.2) is 30.4 Å². The highest BCUT2D eigenvalue weighted by Gasteiger charge is 2.76. The summed E-state index contributed by atoms with van der Waals surface area (Å²) >= 11 is 1.35. The van der Waals surface area contributed by atoms with E-state index < -0.39 is 16.9 Å². The molecule has 1 aliphatic heterocycles. The van der Waals surface area contributed by atoms with E-state index in [1.165, 1.54) is 11.3 Å². The van der Waals surface area contributed by atoms with Crippen LogP contribution in [0.5, 0.6) is 0 Å². The van der Waals surface area contributed by atoms with Crippen molar-refractivity contribution in [2.24, 2.45) is 34.0 Å². The molecule has 0 amide bonds. The first kappa shape index (κ1) is 19.7. The first-order valence-electron chi connectivity index (χ1n) is 11.5. The summed E-state index contributed by atoms with van der Waals surface area (Å²) in [4.78, 5) is 40.8. The number of hydrogen-bond acceptors (Lipinski definition) is 6. The maximum Gasteiger partial charge on any atom is 0.348 e. The van der Waals surface area contributed by atoms with Gasteiger partial charge in [-0.25, -0.2) is 4.79 Å². The van der Waals surface area contributed by atoms with E-state index in [4.69, 9.17) is 9.47 Å². The van der Waals surface area contributed by atoms with Crippen LogP contribution >= 0.6 is 11.3 Å². The van der Waals surface area contributed by atoms with Crippen LogP contribution in [0.15, 0.2) is 29.7 Å². The predicted molar refractivity (Wildman–Crippen MR) is 114 cm³/mol. The summed E-state index contributed by atoms with van der Waals surface area (Å²) in [5.41, 5.74) is -0.939. The van der Waals surface area contributed by atoms with Gasteiger partial charge in [-0.05, 0) is 73.3 Å². The van der Waals surface area contributed by atoms with Crippen LogP contribution in [0.4, 0.5) is 0 Å². The number of carbonyl (C=O) groups excluding carboxylic acids is 3. The van der Waals surface area contributed by atoms with Crippen LogP contribution < -0.4 is 0 Å². The molecule has 7 rings (SSSR count). The fourth-order valence-electron chi connectivity index (χ4n) is 8.22. The quantitative estimate of drug-likeness (QED) is 0.498. The van der Waals surface area contributed by atoms with E-state index >= 15 is 0 Å². The van der Waals surface area contributed by atoms with Crippen molar-refractivity contribution < 1.29 is 23.9 Å². The number of fused-ring (bicyclic) bond motifs is 2. The number of carbonyl (C=O) groups is 3. The molecule has 31 heavy (non-hydrogen) atoms. The van der Waals surface area contributed by atoms with Gasteiger partial charge in [-0.15, -0.1) is 11.3 Å². The molecule has 1 aromatic rings. The van der Waals surface area contributed by atoms with Crippen molar-refractivity contribution in [2.45, 2.75) is 58.0 Å². The van der Waals surface area contributed by atoms with Crippen LogP contribution in [0.3, 0.4) is 0 Å². The Morgan fingerprint density at radius 2 is 2.03 bits per heavy atom. The van der Waals surface area contributed by atoms with E-state index in [1.807, 2.05) is 11.4 Å². The summed E-state index contributed by atoms with van der Waals surface area (Å²) in [5, 5.41) is 1.86. The number of rotatable bonds is 2. The Bertz CT molecular complexity index is 998. The monoisotopic (exact) mass is 440 g/mol. The number of thiophene rings is 1. The van der Waals surface area contributed by atoms with E-state index in [0.717, 1.165) is 32.1 Å². The van der Waals surface area contributed by atoms with Gasteiger partial charge in [-0.2, -0.15) is 0 Å². The number of hydrogen-bond donors (Lipinski definition) is 0. The molecular weight excluding hydrogens is 412 g/mol. The molecule has 3 unspecified atom stereocenters. The number of cyclic esters (lactones) is 1. The van der Waals surface area contributed by atoms with Crippen molar-refractivity contribution in [3.8, 4) is 0 Å². The molecule has 6 aliphatic rings. The van der Waals surface area contributed by atoms with Gasteiger partial charge < -0.3 is 9.47 Å². The molecule has 1 saturated heterocycles. The summed E-state index contributed by atoms with van der Waals surface area (Å²) in [6, 6.07) is 3.60. The molecule has 6 fully saturated rings. The highest BCUT2D eigenvalue weighted by Crippen LogP contribution is 2.73. The first-order chi connectivity index (χ1) is 14.8. The largest absolute Gasteiger partial charge is 0.465 e. The molecular formula is C25H28O5S. The minimum absolute atomic E-state index is 0.0301. The van der Waals surface area contributed by atoms with Crippen LogP contribution in [0.2, 0.25) is 0 Å². The van der Waals surface area contributed by atoms with Crippen molar-refractivity contribution in [1.82, 2.24) is 0 Å². The normalized spacial score (nSPS) is 45.5. The number of ketones is 1. The van der Waals surface area contributed by atoms with Crippen molar-refractivity contribution >= 4 is 29.1 Å². The molecule has 4 bridgehead atoms. The van der Waals surface area contributed by atoms with Gasteiger partial charge in [-0.1, -0.05) is 26.0 Å². The number of ether oxygens (including phenoxy) is 2. The molecule has 6 heteroatoms. The molecule has 5 nitrogen and oxygen atoms in total. The van der Waals surface area contributed by atoms with E-state index in [-0.39, 0.29) is 40.9 Å². The Kier molecular flexibility index (Phi) is 4.01. The average Bonchev–Trinajstić information content (AvgIpc) is 3.30. The second-order valence-electron chi connectivity index (χ2n) is 10.7. The highest BCUT2D eigenvalue weighted by atomic mass is 32.1. The molecule has 164 valence electrons. The SMILES string of the molecule is C=C1C(=O)[C@]23CC[C@H]1CC2C12CCC[C@@](C)(COC1=O)C2C[C@H]3OC(=O)c1cccs1. The molecule has 7 atom stereocenters. The van der Waals surface area contributed by atoms with Crippen LogP contribution in [0.1, 0.15) is 61.5 Å². The summed E-state index contributed by atoms with van der Waals surface area (Å²) in [6.07, 6.45) is 5.12. The van der Waals surface area contributed by atoms with Gasteiger partial charge in [0, 0.05) is 5.41 Å². The average molecular weight is 441 g/mol. The Morgan fingerprint density at radius 1 is 1.19 bits per heavy atom. The summed E-state index contributed by atoms with van der Waals surface area (Å²) in [6.45, 7) is 6.78. The Hall–Kier alpha value is -1.95. The van der Waals surface area contributed by atoms with Gasteiger partial charge in [0.1, 0.15) is 11.0 Å². The summed E-state index contributed by atoms with van der Waals surface area (Å²) in [5.74, 6) is -0.375. The van der Waals surface area contributed by atoms with Crippen molar-refractivity contribution in [1.29, 1.82) is 0 Å². The van der Waals surface area contributed by atoms with Crippen LogP contribution in [0.25, 0.3) is 0 Å². The molecule has 1 aromatic heterocycles. The second kappa shape index (κ2) is 6.31. The zero-order valence-electron chi connectivity index (χ0n) is 17.9. The van der Waals surface area contributed by atoms with Crippen molar-refractivity contribution in [3.05, 3.63) is 34.5 Å². The van der Waals surface area contributed by atoms with Crippen molar-refractivity contribution in [2.75, 3.05) is 6.61 Å². The molecule has 0 aromatic carbocycles. The molecule has 2 heterocycles. The van der Waals surface area contributed by atoms with Gasteiger partial charge in [-0.3, -0.25) is 9.59 Å². The maximum absolute atomic E-state index is 13.8. The van der Waals surface area contributed by atoms with Gasteiger partial charge in [0.05, 0.1) is 17.4 Å². The second-order valence-corrected chi connectivity index (χ2v) is 11.6. The minimum atomic E-state index is -0.843. The highest BCUT2D eigenvalue weighted by molar-refractivity contribution is 7.11. The lowest BCUT2D eigenvalue weighted by Gasteiger charge is -2.69. The third-order valence-corrected chi connectivity index (χ3v) is 10.4. The van der Waals surface area contributed by atoms with Gasteiger partial charge in [0.15, 0.2) is 5.78 Å². The molecule has 5 saturated carbocycles. The molecule has 5 aliphatic carbocycles. The Balaban J connectivity index is 1.50. The van der Waals surface area contributed by atoms with Crippen LogP contribution in [0, 0.1) is 34.0 Å². The lowest BCUT2D eigenvalue weighted by molar-refractivity contribution is -0.254. The maximum atomic E-state index is 13.8. The van der Waals surface area contributed by atoms with E-state index in [9.17, 15) is 14.4 Å². The fourth-order valence-corrected chi connectivity index (χ4v) is 8.83. The number of Topliss-reactive ketones (excluding diaryl/α,β-unsaturated/α-hetero) is 1. The zero-order valence-corrected chi connectivity index (χ0v) is 18.7. The Morgan fingerprint density at radius 3 is 2.81 bits per heavy atom.